The standard InChI is InChI=1S/C16H8S3/c1-3-11-12-4-2-10-6-8-18-14(10)16(12)19-15(11)13-9(1)5-7-17-13/h1-8H. The average Bonchev–Trinajstić information content (AvgIpc) is 3.14. The van der Waals surface area contributed by atoms with E-state index in [1.54, 1.807) is 0 Å². The summed E-state index contributed by atoms with van der Waals surface area (Å²) in [5.74, 6) is 0. The first-order valence-corrected chi connectivity index (χ1v) is 8.68. The van der Waals surface area contributed by atoms with Crippen molar-refractivity contribution in [3.05, 3.63) is 47.2 Å². The Balaban J connectivity index is 2.15. The number of thiophene rings is 3. The Bertz CT molecular complexity index is 974. The third-order valence-electron chi connectivity index (χ3n) is 3.65. The highest BCUT2D eigenvalue weighted by Gasteiger charge is 2.11. The average molecular weight is 296 g/mol. The van der Waals surface area contributed by atoms with Crippen LogP contribution in [0.4, 0.5) is 0 Å². The van der Waals surface area contributed by atoms with Crippen LogP contribution in [0.15, 0.2) is 47.2 Å². The van der Waals surface area contributed by atoms with Crippen molar-refractivity contribution in [3.63, 3.8) is 0 Å². The van der Waals surface area contributed by atoms with Crippen molar-refractivity contribution in [1.82, 2.24) is 0 Å². The summed E-state index contributed by atoms with van der Waals surface area (Å²) in [7, 11) is 0. The van der Waals surface area contributed by atoms with Gasteiger partial charge in [-0.05, 0) is 33.7 Å². The zero-order chi connectivity index (χ0) is 12.4. The molecule has 0 saturated carbocycles. The van der Waals surface area contributed by atoms with Crippen LogP contribution in [0.2, 0.25) is 0 Å². The van der Waals surface area contributed by atoms with E-state index < -0.39 is 0 Å². The quantitative estimate of drug-likeness (QED) is 0.306. The van der Waals surface area contributed by atoms with Gasteiger partial charge < -0.3 is 0 Å². The zero-order valence-corrected chi connectivity index (χ0v) is 12.3. The lowest BCUT2D eigenvalue weighted by Gasteiger charge is -1.93. The Morgan fingerprint density at radius 2 is 1.05 bits per heavy atom. The van der Waals surface area contributed by atoms with Crippen LogP contribution >= 0.6 is 34.0 Å². The van der Waals surface area contributed by atoms with Gasteiger partial charge >= 0.3 is 0 Å². The van der Waals surface area contributed by atoms with Gasteiger partial charge in [0.1, 0.15) is 0 Å². The van der Waals surface area contributed by atoms with Crippen molar-refractivity contribution in [2.24, 2.45) is 0 Å². The Morgan fingerprint density at radius 1 is 0.526 bits per heavy atom. The third kappa shape index (κ3) is 1.27. The summed E-state index contributed by atoms with van der Waals surface area (Å²) in [4.78, 5) is 0. The summed E-state index contributed by atoms with van der Waals surface area (Å²) in [5, 5.41) is 9.93. The maximum absolute atomic E-state index is 2.28. The molecule has 0 nitrogen and oxygen atoms in total. The fourth-order valence-corrected chi connectivity index (χ4v) is 6.16. The molecule has 0 fully saturated rings. The highest BCUT2D eigenvalue weighted by atomic mass is 32.1. The van der Waals surface area contributed by atoms with Gasteiger partial charge in [-0.25, -0.2) is 0 Å². The van der Waals surface area contributed by atoms with Gasteiger partial charge in [0.05, 0.1) is 18.8 Å². The molecule has 0 bridgehead atoms. The first-order valence-electron chi connectivity index (χ1n) is 6.10. The second kappa shape index (κ2) is 3.57. The normalized spacial score (nSPS) is 12.2. The van der Waals surface area contributed by atoms with Gasteiger partial charge in [0.2, 0.25) is 0 Å². The van der Waals surface area contributed by atoms with Gasteiger partial charge in [0, 0.05) is 10.8 Å². The van der Waals surface area contributed by atoms with Crippen LogP contribution in [-0.4, -0.2) is 0 Å². The molecular formula is C16H8S3. The molecule has 19 heavy (non-hydrogen) atoms. The van der Waals surface area contributed by atoms with Crippen LogP contribution < -0.4 is 0 Å². The van der Waals surface area contributed by atoms with Crippen molar-refractivity contribution in [1.29, 1.82) is 0 Å². The number of hydrogen-bond donors (Lipinski definition) is 0. The molecule has 0 amide bonds. The molecular weight excluding hydrogens is 288 g/mol. The van der Waals surface area contributed by atoms with Gasteiger partial charge in [-0.3, -0.25) is 0 Å². The first kappa shape index (κ1) is 10.4. The molecule has 3 aromatic heterocycles. The van der Waals surface area contributed by atoms with E-state index in [2.05, 4.69) is 47.2 Å². The molecule has 3 heterocycles. The summed E-state index contributed by atoms with van der Waals surface area (Å²) >= 11 is 5.66. The molecule has 0 aliphatic rings. The smallest absolute Gasteiger partial charge is 0.0534 e. The SMILES string of the molecule is c1cc2ccc3c4ccc5ccsc5c4sc3c2s1. The minimum atomic E-state index is 1.37. The van der Waals surface area contributed by atoms with E-state index in [-0.39, 0.29) is 0 Å². The topological polar surface area (TPSA) is 0 Å². The summed E-state index contributed by atoms with van der Waals surface area (Å²) in [6.07, 6.45) is 0. The Kier molecular flexibility index (Phi) is 1.95. The third-order valence-corrected chi connectivity index (χ3v) is 7.06. The van der Waals surface area contributed by atoms with Crippen molar-refractivity contribution >= 4 is 74.4 Å². The van der Waals surface area contributed by atoms with E-state index in [0.717, 1.165) is 0 Å². The molecule has 0 spiro atoms. The van der Waals surface area contributed by atoms with E-state index >= 15 is 0 Å². The molecule has 3 heteroatoms. The lowest BCUT2D eigenvalue weighted by atomic mass is 10.1. The van der Waals surface area contributed by atoms with E-state index in [1.807, 2.05) is 34.0 Å². The van der Waals surface area contributed by atoms with Crippen molar-refractivity contribution in [2.75, 3.05) is 0 Å². The molecule has 0 atom stereocenters. The van der Waals surface area contributed by atoms with E-state index in [9.17, 15) is 0 Å². The fraction of sp³-hybridized carbons (Fsp3) is 0. The number of hydrogen-bond acceptors (Lipinski definition) is 3. The molecule has 0 N–H and O–H groups in total. The molecule has 0 radical (unpaired) electrons. The summed E-state index contributed by atoms with van der Waals surface area (Å²) in [5.41, 5.74) is 0. The van der Waals surface area contributed by atoms with Crippen LogP contribution in [0.1, 0.15) is 0 Å². The maximum atomic E-state index is 2.28. The van der Waals surface area contributed by atoms with Gasteiger partial charge in [0.15, 0.2) is 0 Å². The Labute approximate surface area is 121 Å². The van der Waals surface area contributed by atoms with Crippen molar-refractivity contribution < 1.29 is 0 Å². The summed E-state index contributed by atoms with van der Waals surface area (Å²) < 4.78 is 5.76. The van der Waals surface area contributed by atoms with Crippen LogP contribution in [0.3, 0.4) is 0 Å². The minimum absolute atomic E-state index is 1.37. The monoisotopic (exact) mass is 296 g/mol. The van der Waals surface area contributed by atoms with Crippen molar-refractivity contribution in [3.8, 4) is 0 Å². The number of fused-ring (bicyclic) bond motifs is 7. The maximum Gasteiger partial charge on any atom is 0.0534 e. The Hall–Kier alpha value is -1.42. The van der Waals surface area contributed by atoms with Crippen LogP contribution in [0.25, 0.3) is 40.3 Å². The Morgan fingerprint density at radius 3 is 1.58 bits per heavy atom. The first-order chi connectivity index (χ1) is 9.42. The predicted molar refractivity (Wildman–Crippen MR) is 90.1 cm³/mol. The van der Waals surface area contributed by atoms with E-state index in [1.165, 1.54) is 40.3 Å². The van der Waals surface area contributed by atoms with E-state index in [0.29, 0.717) is 0 Å². The number of benzene rings is 2. The van der Waals surface area contributed by atoms with Crippen LogP contribution in [0.5, 0.6) is 0 Å². The second-order valence-electron chi connectivity index (χ2n) is 4.66. The predicted octanol–water partition coefficient (Wildman–Crippen LogP) is 6.48. The lowest BCUT2D eigenvalue weighted by molar-refractivity contribution is 1.97. The summed E-state index contributed by atoms with van der Waals surface area (Å²) in [6, 6.07) is 13.5. The largest absolute Gasteiger partial charge is 0.142 e. The highest BCUT2D eigenvalue weighted by molar-refractivity contribution is 7.33. The molecule has 0 unspecified atom stereocenters. The molecule has 2 aromatic carbocycles. The minimum Gasteiger partial charge on any atom is -0.142 e. The molecule has 90 valence electrons. The molecule has 5 aromatic rings. The van der Waals surface area contributed by atoms with Crippen LogP contribution in [-0.2, 0) is 0 Å². The summed E-state index contributed by atoms with van der Waals surface area (Å²) in [6.45, 7) is 0. The van der Waals surface area contributed by atoms with Gasteiger partial charge in [-0.15, -0.1) is 34.0 Å². The molecule has 0 saturated heterocycles. The molecule has 0 aliphatic heterocycles. The van der Waals surface area contributed by atoms with E-state index in [4.69, 9.17) is 0 Å². The molecule has 0 aliphatic carbocycles. The zero-order valence-electron chi connectivity index (χ0n) is 9.84. The fourth-order valence-electron chi connectivity index (χ4n) is 2.74. The number of rotatable bonds is 0. The van der Waals surface area contributed by atoms with Crippen LogP contribution in [0, 0.1) is 0 Å². The molecule has 5 rings (SSSR count). The van der Waals surface area contributed by atoms with Gasteiger partial charge in [-0.1, -0.05) is 24.3 Å². The van der Waals surface area contributed by atoms with Gasteiger partial charge in [-0.2, -0.15) is 0 Å². The van der Waals surface area contributed by atoms with Crippen molar-refractivity contribution in [2.45, 2.75) is 0 Å². The highest BCUT2D eigenvalue weighted by Crippen LogP contribution is 2.43. The second-order valence-corrected chi connectivity index (χ2v) is 7.52. The lowest BCUT2D eigenvalue weighted by Crippen LogP contribution is -1.67. The van der Waals surface area contributed by atoms with Gasteiger partial charge in [0.25, 0.3) is 0 Å².